The molecule has 3 fully saturated rings. The summed E-state index contributed by atoms with van der Waals surface area (Å²) in [6.07, 6.45) is 6.81. The zero-order valence-corrected chi connectivity index (χ0v) is 38.3. The Morgan fingerprint density at radius 3 is 1.10 bits per heavy atom. The molecule has 0 spiro atoms. The quantitative estimate of drug-likeness (QED) is 0.0701. The fourth-order valence-electron chi connectivity index (χ4n) is 4.58. The molecule has 394 valence electrons. The number of nitrogens with one attached hydrogen (secondary N) is 3. The van der Waals surface area contributed by atoms with Crippen molar-refractivity contribution < 1.29 is 94.5 Å². The molecule has 1 aromatic rings. The molecule has 0 unspecified atom stereocenters. The average molecular weight is 986 g/mol. The lowest BCUT2D eigenvalue weighted by molar-refractivity contribution is -0.141. The summed E-state index contributed by atoms with van der Waals surface area (Å²) in [5.74, 6) is -7.28. The van der Waals surface area contributed by atoms with E-state index in [0.717, 1.165) is 76.6 Å². The SMILES string of the molecule is C[C@@H](O)[C@H](N)C(=O)O.C[C@H](N)C(=O)O.NCCCC[C@H](N)C(=O)O.N[C@@H](CO)C(=O)O.N[C@@H](Cc1ccc(O)cc1)C(=O)O.O=C(O)[C@@H]1CCCN1.O=C(O)[C@@H]1CCCN1.O=C(O)[C@@H]1CCCN1. The van der Waals surface area contributed by atoms with Crippen molar-refractivity contribution >= 4 is 47.8 Å². The van der Waals surface area contributed by atoms with E-state index < -0.39 is 90.7 Å². The standard InChI is InChI=1S/C9H11NO3.C6H14N2O2.3C5H9NO2.C4H9NO3.C3H7NO3.C3H7NO2/c10-8(9(12)13)5-6-1-3-7(11)4-2-6;7-4-2-1-3-5(8)6(9)10;3*7-5(8)4-2-1-3-6-4;1-2(6)3(5)4(7)8;4-2(1-5)3(6)7;1-2(4)3(5)6/h1-4,8,11H,5,10H2,(H,12,13);5H,1-4,7-8H2,(H,9,10);3*4,6H,1-3H2,(H,7,8);2-3,6H,5H2,1H3,(H,7,8);2,5H,1,4H2,(H,6,7);2H,4H2,1H3,(H,5,6)/t8-;5-;3*4-;2-,3+;2*2-/m00000100/s1. The number of hydrogen-bond acceptors (Lipinski definition) is 20. The molecule has 0 aliphatic carbocycles. The first kappa shape index (κ1) is 68.9. The minimum atomic E-state index is -1.18. The fourth-order valence-corrected chi connectivity index (χ4v) is 4.58. The summed E-state index contributed by atoms with van der Waals surface area (Å²) in [5.41, 5.74) is 31.1. The van der Waals surface area contributed by atoms with Crippen LogP contribution in [0.15, 0.2) is 24.3 Å². The third-order valence-corrected chi connectivity index (χ3v) is 8.78. The molecular weight excluding hydrogens is 910 g/mol. The number of rotatable bonds is 16. The molecule has 0 saturated carbocycles. The molecule has 4 rings (SSSR count). The van der Waals surface area contributed by atoms with Crippen LogP contribution in [0.2, 0.25) is 0 Å². The number of aliphatic carboxylic acids is 8. The van der Waals surface area contributed by atoms with Crippen molar-refractivity contribution in [3.8, 4) is 5.75 Å². The van der Waals surface area contributed by atoms with E-state index in [1.807, 2.05) is 0 Å². The van der Waals surface area contributed by atoms with Crippen LogP contribution in [-0.2, 0) is 44.8 Å². The number of aliphatic hydroxyl groups excluding tert-OH is 2. The Morgan fingerprint density at radius 1 is 0.574 bits per heavy atom. The Hall–Kier alpha value is -5.66. The molecule has 3 heterocycles. The normalized spacial score (nSPS) is 18.9. The predicted octanol–water partition coefficient (Wildman–Crippen LogP) is -4.07. The van der Waals surface area contributed by atoms with E-state index >= 15 is 0 Å². The van der Waals surface area contributed by atoms with E-state index in [1.165, 1.54) is 26.0 Å². The lowest BCUT2D eigenvalue weighted by Gasteiger charge is -2.06. The number of phenols is 1. The van der Waals surface area contributed by atoms with Crippen LogP contribution in [0.4, 0.5) is 0 Å². The average Bonchev–Trinajstić information content (AvgIpc) is 4.11. The Balaban J connectivity index is -0.000000348. The van der Waals surface area contributed by atoms with E-state index in [-0.39, 0.29) is 30.3 Å². The van der Waals surface area contributed by atoms with Gasteiger partial charge in [0.15, 0.2) is 0 Å². The smallest absolute Gasteiger partial charge is 0.323 e. The van der Waals surface area contributed by atoms with E-state index in [2.05, 4.69) is 16.0 Å². The van der Waals surface area contributed by atoms with Crippen molar-refractivity contribution in [1.29, 1.82) is 0 Å². The van der Waals surface area contributed by atoms with Gasteiger partial charge in [0, 0.05) is 0 Å². The number of hydrogen-bond donors (Lipinski definition) is 20. The molecule has 3 aliphatic heterocycles. The molecule has 0 aromatic heterocycles. The Kier molecular flexibility index (Phi) is 42.1. The minimum Gasteiger partial charge on any atom is -0.508 e. The van der Waals surface area contributed by atoms with Crippen molar-refractivity contribution in [2.45, 2.75) is 132 Å². The van der Waals surface area contributed by atoms with Crippen molar-refractivity contribution in [2.24, 2.45) is 34.4 Å². The largest absolute Gasteiger partial charge is 0.508 e. The molecule has 28 heteroatoms. The molecule has 0 radical (unpaired) electrons. The van der Waals surface area contributed by atoms with Crippen LogP contribution in [-0.4, -0.2) is 191 Å². The molecule has 0 amide bonds. The summed E-state index contributed by atoms with van der Waals surface area (Å²) < 4.78 is 0. The molecule has 9 atom stereocenters. The van der Waals surface area contributed by atoms with Crippen LogP contribution in [0.5, 0.6) is 5.75 Å². The molecule has 26 N–H and O–H groups in total. The maximum absolute atomic E-state index is 10.4. The van der Waals surface area contributed by atoms with Crippen LogP contribution in [0.3, 0.4) is 0 Å². The van der Waals surface area contributed by atoms with Gasteiger partial charge in [0.2, 0.25) is 0 Å². The number of carbonyl (C=O) groups is 8. The monoisotopic (exact) mass is 986 g/mol. The van der Waals surface area contributed by atoms with E-state index in [0.29, 0.717) is 13.0 Å². The van der Waals surface area contributed by atoms with Crippen molar-refractivity contribution in [3.63, 3.8) is 0 Å². The Labute approximate surface area is 393 Å². The van der Waals surface area contributed by atoms with E-state index in [4.69, 9.17) is 90.6 Å². The Morgan fingerprint density at radius 2 is 0.926 bits per heavy atom. The van der Waals surface area contributed by atoms with Crippen LogP contribution in [0.1, 0.15) is 77.2 Å². The molecule has 3 aliphatic rings. The van der Waals surface area contributed by atoms with Crippen molar-refractivity contribution in [3.05, 3.63) is 29.8 Å². The number of aromatic hydroxyl groups is 1. The maximum atomic E-state index is 10.4. The first-order valence-electron chi connectivity index (χ1n) is 21.1. The highest BCUT2D eigenvalue weighted by Gasteiger charge is 2.22. The predicted molar refractivity (Wildman–Crippen MR) is 243 cm³/mol. The maximum Gasteiger partial charge on any atom is 0.323 e. The summed E-state index contributed by atoms with van der Waals surface area (Å²) in [6, 6.07) is 0.889. The number of benzene rings is 1. The first-order chi connectivity index (χ1) is 31.6. The number of carboxylic acids is 8. The summed E-state index contributed by atoms with van der Waals surface area (Å²) in [6.45, 7) is 5.42. The van der Waals surface area contributed by atoms with Crippen LogP contribution < -0.4 is 50.4 Å². The summed E-state index contributed by atoms with van der Waals surface area (Å²) >= 11 is 0. The molecule has 0 bridgehead atoms. The number of nitrogens with two attached hydrogens (primary N) is 6. The second-order valence-corrected chi connectivity index (χ2v) is 14.9. The highest BCUT2D eigenvalue weighted by atomic mass is 16.4. The van der Waals surface area contributed by atoms with Gasteiger partial charge in [-0.25, -0.2) is 0 Å². The van der Waals surface area contributed by atoms with Gasteiger partial charge in [-0.1, -0.05) is 18.6 Å². The summed E-state index contributed by atoms with van der Waals surface area (Å²) in [4.78, 5) is 80.0. The summed E-state index contributed by atoms with van der Waals surface area (Å²) in [7, 11) is 0. The Bertz CT molecular complexity index is 1490. The lowest BCUT2D eigenvalue weighted by Crippen LogP contribution is -2.39. The zero-order valence-electron chi connectivity index (χ0n) is 38.3. The van der Waals surface area contributed by atoms with Gasteiger partial charge in [-0.15, -0.1) is 0 Å². The van der Waals surface area contributed by atoms with Gasteiger partial charge in [-0.3, -0.25) is 38.4 Å². The van der Waals surface area contributed by atoms with Crippen LogP contribution >= 0.6 is 0 Å². The van der Waals surface area contributed by atoms with Gasteiger partial charge in [0.25, 0.3) is 0 Å². The van der Waals surface area contributed by atoms with Crippen LogP contribution in [0, 0.1) is 0 Å². The van der Waals surface area contributed by atoms with Gasteiger partial charge in [-0.2, -0.15) is 0 Å². The third kappa shape index (κ3) is 40.6. The third-order valence-electron chi connectivity index (χ3n) is 8.78. The topological polar surface area (TPSA) is 551 Å². The van der Waals surface area contributed by atoms with Crippen molar-refractivity contribution in [1.82, 2.24) is 16.0 Å². The van der Waals surface area contributed by atoms with Gasteiger partial charge in [0.05, 0.1) is 12.7 Å². The van der Waals surface area contributed by atoms with Gasteiger partial charge in [0.1, 0.15) is 54.1 Å². The molecule has 68 heavy (non-hydrogen) atoms. The summed E-state index contributed by atoms with van der Waals surface area (Å²) in [5, 5.41) is 99.7. The number of phenolic OH excluding ortho intramolecular Hbond substituents is 1. The zero-order chi connectivity index (χ0) is 53.5. The van der Waals surface area contributed by atoms with E-state index in [9.17, 15) is 38.4 Å². The number of carboxylic acid groups (broad SMARTS) is 8. The first-order valence-corrected chi connectivity index (χ1v) is 21.1. The van der Waals surface area contributed by atoms with Crippen molar-refractivity contribution in [2.75, 3.05) is 32.8 Å². The molecular formula is C40H75N9O19. The second-order valence-electron chi connectivity index (χ2n) is 14.9. The van der Waals surface area contributed by atoms with Gasteiger partial charge < -0.3 is 107 Å². The lowest BCUT2D eigenvalue weighted by atomic mass is 10.1. The van der Waals surface area contributed by atoms with Gasteiger partial charge >= 0.3 is 47.8 Å². The fraction of sp³-hybridized carbons (Fsp3) is 0.650. The number of aliphatic hydroxyl groups is 2. The van der Waals surface area contributed by atoms with Crippen LogP contribution in [0.25, 0.3) is 0 Å². The molecule has 3 saturated heterocycles. The second kappa shape index (κ2) is 41.5. The van der Waals surface area contributed by atoms with E-state index in [1.54, 1.807) is 12.1 Å². The van der Waals surface area contributed by atoms with Gasteiger partial charge in [-0.05, 0) is 116 Å². The minimum absolute atomic E-state index is 0.160. The number of unbranched alkanes of at least 4 members (excludes halogenated alkanes) is 1. The highest BCUT2D eigenvalue weighted by Crippen LogP contribution is 2.11. The molecule has 1 aromatic carbocycles. The molecule has 28 nitrogen and oxygen atoms in total. The highest BCUT2D eigenvalue weighted by molar-refractivity contribution is 5.76.